The second kappa shape index (κ2) is 6.22. The summed E-state index contributed by atoms with van der Waals surface area (Å²) in [6.07, 6.45) is 3.59. The maximum Gasteiger partial charge on any atom is 0.150 e. The van der Waals surface area contributed by atoms with Crippen LogP contribution in [0.3, 0.4) is 0 Å². The maximum atomic E-state index is 10.6. The van der Waals surface area contributed by atoms with Crippen LogP contribution in [-0.4, -0.2) is 22.4 Å². The van der Waals surface area contributed by atoms with Crippen LogP contribution < -0.4 is 4.74 Å². The molecule has 3 aromatic rings. The number of ether oxygens (including phenoxy) is 1. The van der Waals surface area contributed by atoms with Crippen molar-refractivity contribution in [1.82, 2.24) is 9.55 Å². The van der Waals surface area contributed by atoms with Crippen molar-refractivity contribution < 1.29 is 9.53 Å². The highest BCUT2D eigenvalue weighted by Gasteiger charge is 2.01. The lowest BCUT2D eigenvalue weighted by Gasteiger charge is -2.07. The van der Waals surface area contributed by atoms with Crippen LogP contribution in [0.1, 0.15) is 16.8 Å². The van der Waals surface area contributed by atoms with Gasteiger partial charge in [-0.25, -0.2) is 4.98 Å². The van der Waals surface area contributed by atoms with Crippen LogP contribution in [0.4, 0.5) is 0 Å². The van der Waals surface area contributed by atoms with E-state index in [1.54, 1.807) is 12.1 Å². The SMILES string of the molecule is O=Cc1ccc(OCCCn2cnc3ccccc32)cc1. The van der Waals surface area contributed by atoms with Gasteiger partial charge in [-0.2, -0.15) is 0 Å². The molecule has 4 heteroatoms. The van der Waals surface area contributed by atoms with E-state index in [-0.39, 0.29) is 0 Å². The number of aldehydes is 1. The lowest BCUT2D eigenvalue weighted by atomic mass is 10.2. The first kappa shape index (κ1) is 13.4. The van der Waals surface area contributed by atoms with Gasteiger partial charge in [-0.1, -0.05) is 12.1 Å². The summed E-state index contributed by atoms with van der Waals surface area (Å²) in [5.41, 5.74) is 2.82. The molecule has 0 N–H and O–H groups in total. The summed E-state index contributed by atoms with van der Waals surface area (Å²) in [6.45, 7) is 1.50. The van der Waals surface area contributed by atoms with Crippen molar-refractivity contribution in [1.29, 1.82) is 0 Å². The minimum Gasteiger partial charge on any atom is -0.494 e. The van der Waals surface area contributed by atoms with Crippen LogP contribution in [0.25, 0.3) is 11.0 Å². The lowest BCUT2D eigenvalue weighted by molar-refractivity contribution is 0.112. The number of benzene rings is 2. The molecule has 3 rings (SSSR count). The Hall–Kier alpha value is -2.62. The second-order valence-electron chi connectivity index (χ2n) is 4.82. The van der Waals surface area contributed by atoms with Gasteiger partial charge in [0.15, 0.2) is 0 Å². The fourth-order valence-electron chi connectivity index (χ4n) is 2.26. The molecular formula is C17H16N2O2. The van der Waals surface area contributed by atoms with E-state index >= 15 is 0 Å². The third-order valence-corrected chi connectivity index (χ3v) is 3.36. The molecule has 21 heavy (non-hydrogen) atoms. The van der Waals surface area contributed by atoms with Gasteiger partial charge in [0, 0.05) is 12.1 Å². The molecule has 0 unspecified atom stereocenters. The zero-order chi connectivity index (χ0) is 14.5. The van der Waals surface area contributed by atoms with Crippen molar-refractivity contribution in [2.75, 3.05) is 6.61 Å². The fraction of sp³-hybridized carbons (Fsp3) is 0.176. The largest absolute Gasteiger partial charge is 0.494 e. The zero-order valence-corrected chi connectivity index (χ0v) is 11.6. The zero-order valence-electron chi connectivity index (χ0n) is 11.6. The number of hydrogen-bond donors (Lipinski definition) is 0. The molecule has 106 valence electrons. The summed E-state index contributed by atoms with van der Waals surface area (Å²) in [5.74, 6) is 0.788. The van der Waals surface area contributed by atoms with E-state index in [9.17, 15) is 4.79 Å². The molecule has 0 radical (unpaired) electrons. The van der Waals surface area contributed by atoms with Gasteiger partial charge in [-0.3, -0.25) is 4.79 Å². The topological polar surface area (TPSA) is 44.1 Å². The molecule has 0 saturated carbocycles. The molecule has 0 bridgehead atoms. The molecule has 0 spiro atoms. The predicted octanol–water partition coefficient (Wildman–Crippen LogP) is 3.32. The first-order valence-electron chi connectivity index (χ1n) is 6.95. The quantitative estimate of drug-likeness (QED) is 0.514. The number of rotatable bonds is 6. The average Bonchev–Trinajstić information content (AvgIpc) is 2.95. The Balaban J connectivity index is 1.53. The van der Waals surface area contributed by atoms with E-state index < -0.39 is 0 Å². The number of aryl methyl sites for hydroxylation is 1. The van der Waals surface area contributed by atoms with Gasteiger partial charge >= 0.3 is 0 Å². The molecule has 0 amide bonds. The summed E-state index contributed by atoms with van der Waals surface area (Å²) in [7, 11) is 0. The fourth-order valence-corrected chi connectivity index (χ4v) is 2.26. The standard InChI is InChI=1S/C17H16N2O2/c20-12-14-6-8-15(9-7-14)21-11-3-10-19-13-18-16-4-1-2-5-17(16)19/h1-2,4-9,12-13H,3,10-11H2. The molecule has 0 aliphatic rings. The Kier molecular flexibility index (Phi) is 3.96. The Morgan fingerprint density at radius 2 is 1.90 bits per heavy atom. The van der Waals surface area contributed by atoms with Crippen molar-refractivity contribution in [3.63, 3.8) is 0 Å². The van der Waals surface area contributed by atoms with E-state index in [1.165, 1.54) is 0 Å². The first-order chi connectivity index (χ1) is 10.4. The van der Waals surface area contributed by atoms with Gasteiger partial charge in [0.2, 0.25) is 0 Å². The molecular weight excluding hydrogens is 264 g/mol. The minimum atomic E-state index is 0.632. The smallest absolute Gasteiger partial charge is 0.150 e. The van der Waals surface area contributed by atoms with E-state index in [0.717, 1.165) is 36.0 Å². The van der Waals surface area contributed by atoms with Crippen LogP contribution in [0.2, 0.25) is 0 Å². The maximum absolute atomic E-state index is 10.6. The van der Waals surface area contributed by atoms with Crippen molar-refractivity contribution in [2.45, 2.75) is 13.0 Å². The van der Waals surface area contributed by atoms with E-state index in [2.05, 4.69) is 15.6 Å². The molecule has 0 fully saturated rings. The van der Waals surface area contributed by atoms with Gasteiger partial charge in [0.1, 0.15) is 12.0 Å². The summed E-state index contributed by atoms with van der Waals surface area (Å²) in [6, 6.07) is 15.2. The van der Waals surface area contributed by atoms with Crippen LogP contribution in [0, 0.1) is 0 Å². The average molecular weight is 280 g/mol. The Labute approximate surface area is 123 Å². The summed E-state index contributed by atoms with van der Waals surface area (Å²) < 4.78 is 7.80. The van der Waals surface area contributed by atoms with Crippen LogP contribution >= 0.6 is 0 Å². The number of hydrogen-bond acceptors (Lipinski definition) is 3. The van der Waals surface area contributed by atoms with Crippen molar-refractivity contribution in [3.05, 3.63) is 60.4 Å². The monoisotopic (exact) mass is 280 g/mol. The number of carbonyl (C=O) groups is 1. The molecule has 0 saturated heterocycles. The third-order valence-electron chi connectivity index (χ3n) is 3.36. The molecule has 1 heterocycles. The van der Waals surface area contributed by atoms with Crippen LogP contribution in [-0.2, 0) is 6.54 Å². The number of fused-ring (bicyclic) bond motifs is 1. The van der Waals surface area contributed by atoms with E-state index in [1.807, 2.05) is 36.7 Å². The number of carbonyl (C=O) groups excluding carboxylic acids is 1. The van der Waals surface area contributed by atoms with Crippen molar-refractivity contribution in [2.24, 2.45) is 0 Å². The van der Waals surface area contributed by atoms with Gasteiger partial charge in [-0.05, 0) is 42.8 Å². The molecule has 0 atom stereocenters. The van der Waals surface area contributed by atoms with Gasteiger partial charge in [0.05, 0.1) is 24.0 Å². The predicted molar refractivity (Wildman–Crippen MR) is 81.7 cm³/mol. The highest BCUT2D eigenvalue weighted by molar-refractivity contribution is 5.75. The Bertz CT molecular complexity index is 732. The highest BCUT2D eigenvalue weighted by Crippen LogP contribution is 2.13. The molecule has 0 aliphatic carbocycles. The summed E-state index contributed by atoms with van der Waals surface area (Å²) in [5, 5.41) is 0. The molecule has 1 aromatic heterocycles. The Morgan fingerprint density at radius 1 is 1.10 bits per heavy atom. The number of aromatic nitrogens is 2. The van der Waals surface area contributed by atoms with E-state index in [4.69, 9.17) is 4.74 Å². The summed E-state index contributed by atoms with van der Waals surface area (Å²) >= 11 is 0. The van der Waals surface area contributed by atoms with Crippen molar-refractivity contribution >= 4 is 17.3 Å². The first-order valence-corrected chi connectivity index (χ1v) is 6.95. The Morgan fingerprint density at radius 3 is 2.71 bits per heavy atom. The number of nitrogens with zero attached hydrogens (tertiary/aromatic N) is 2. The molecule has 0 aliphatic heterocycles. The number of imidazole rings is 1. The van der Waals surface area contributed by atoms with Gasteiger partial charge in [0.25, 0.3) is 0 Å². The van der Waals surface area contributed by atoms with Crippen LogP contribution in [0.15, 0.2) is 54.9 Å². The summed E-state index contributed by atoms with van der Waals surface area (Å²) in [4.78, 5) is 14.9. The normalized spacial score (nSPS) is 10.7. The number of para-hydroxylation sites is 2. The molecule has 2 aromatic carbocycles. The lowest BCUT2D eigenvalue weighted by Crippen LogP contribution is -2.03. The molecule has 4 nitrogen and oxygen atoms in total. The third kappa shape index (κ3) is 3.11. The van der Waals surface area contributed by atoms with E-state index in [0.29, 0.717) is 12.2 Å². The second-order valence-corrected chi connectivity index (χ2v) is 4.82. The van der Waals surface area contributed by atoms with Crippen molar-refractivity contribution in [3.8, 4) is 5.75 Å². The van der Waals surface area contributed by atoms with Crippen LogP contribution in [0.5, 0.6) is 5.75 Å². The minimum absolute atomic E-state index is 0.632. The van der Waals surface area contributed by atoms with Gasteiger partial charge < -0.3 is 9.30 Å². The van der Waals surface area contributed by atoms with Gasteiger partial charge in [-0.15, -0.1) is 0 Å². The highest BCUT2D eigenvalue weighted by atomic mass is 16.5.